The molecule has 2 aromatic rings. The van der Waals surface area contributed by atoms with Crippen LogP contribution in [0.2, 0.25) is 0 Å². The van der Waals surface area contributed by atoms with Crippen molar-refractivity contribution in [1.29, 1.82) is 0 Å². The molecule has 1 amide bonds. The van der Waals surface area contributed by atoms with Crippen LogP contribution in [-0.2, 0) is 13.0 Å². The number of pyridine rings is 1. The van der Waals surface area contributed by atoms with Gasteiger partial charge in [0.15, 0.2) is 5.82 Å². The number of hydrogen-bond acceptors (Lipinski definition) is 4. The lowest BCUT2D eigenvalue weighted by Gasteiger charge is -2.18. The highest BCUT2D eigenvalue weighted by Crippen LogP contribution is 2.19. The predicted molar refractivity (Wildman–Crippen MR) is 80.5 cm³/mol. The van der Waals surface area contributed by atoms with E-state index >= 15 is 0 Å². The van der Waals surface area contributed by atoms with E-state index in [9.17, 15) is 4.79 Å². The second kappa shape index (κ2) is 5.77. The lowest BCUT2D eigenvalue weighted by Crippen LogP contribution is -2.29. The van der Waals surface area contributed by atoms with Gasteiger partial charge in [-0.25, -0.2) is 0 Å². The van der Waals surface area contributed by atoms with Gasteiger partial charge in [0.25, 0.3) is 5.91 Å². The van der Waals surface area contributed by atoms with Crippen molar-refractivity contribution in [2.24, 2.45) is 0 Å². The van der Waals surface area contributed by atoms with Crippen LogP contribution in [0, 0.1) is 4.64 Å². The molecule has 0 radical (unpaired) electrons. The minimum absolute atomic E-state index is 0.197. The number of hydrogen-bond donors (Lipinski definition) is 2. The average molecular weight is 303 g/mol. The van der Waals surface area contributed by atoms with Gasteiger partial charge in [-0.3, -0.25) is 4.79 Å². The first kappa shape index (κ1) is 13.9. The van der Waals surface area contributed by atoms with Crippen LogP contribution >= 0.6 is 12.2 Å². The number of carbonyl (C=O) groups excluding carboxylic acids is 1. The number of carbonyl (C=O) groups is 1. The molecular weight excluding hydrogens is 286 g/mol. The fourth-order valence-electron chi connectivity index (χ4n) is 2.59. The van der Waals surface area contributed by atoms with E-state index in [1.54, 1.807) is 18.3 Å². The molecule has 1 atom stereocenters. The summed E-state index contributed by atoms with van der Waals surface area (Å²) in [4.78, 5) is 15.1. The molecule has 1 aliphatic heterocycles. The Hall–Kier alpha value is -2.02. The first-order valence-electron chi connectivity index (χ1n) is 7.07. The highest BCUT2D eigenvalue weighted by molar-refractivity contribution is 7.71. The minimum atomic E-state index is -0.202. The summed E-state index contributed by atoms with van der Waals surface area (Å²) in [6.45, 7) is 2.84. The fourth-order valence-corrected chi connectivity index (χ4v) is 2.82. The highest BCUT2D eigenvalue weighted by Gasteiger charge is 2.21. The molecule has 1 unspecified atom stereocenters. The van der Waals surface area contributed by atoms with Crippen molar-refractivity contribution in [2.75, 3.05) is 0 Å². The first-order chi connectivity index (χ1) is 10.2. The van der Waals surface area contributed by atoms with E-state index in [4.69, 9.17) is 12.2 Å². The third-order valence-corrected chi connectivity index (χ3v) is 4.02. The number of rotatable bonds is 3. The van der Waals surface area contributed by atoms with E-state index in [1.807, 2.05) is 6.92 Å². The maximum Gasteiger partial charge on any atom is 0.254 e. The first-order valence-corrected chi connectivity index (χ1v) is 7.48. The Kier molecular flexibility index (Phi) is 3.83. The van der Waals surface area contributed by atoms with Gasteiger partial charge in [0.05, 0.1) is 11.6 Å². The Morgan fingerprint density at radius 2 is 2.33 bits per heavy atom. The zero-order chi connectivity index (χ0) is 14.8. The summed E-state index contributed by atoms with van der Waals surface area (Å²) < 4.78 is 2.55. The molecule has 0 aliphatic carbocycles. The molecule has 2 aromatic heterocycles. The molecule has 21 heavy (non-hydrogen) atoms. The van der Waals surface area contributed by atoms with Crippen LogP contribution in [0.15, 0.2) is 18.3 Å². The standard InChI is InChI=1S/C14H17N5OS/c1-9(12-18-17-11-6-2-3-8-19(11)12)16-13(20)10-5-4-7-15-14(10)21/h4-5,7,9H,2-3,6,8H2,1H3,(H,15,21)(H,16,20). The van der Waals surface area contributed by atoms with Crippen molar-refractivity contribution in [3.05, 3.63) is 40.2 Å². The lowest BCUT2D eigenvalue weighted by molar-refractivity contribution is 0.0936. The Labute approximate surface area is 127 Å². The molecule has 0 saturated heterocycles. The summed E-state index contributed by atoms with van der Waals surface area (Å²) in [5.41, 5.74) is 0.470. The molecule has 6 nitrogen and oxygen atoms in total. The van der Waals surface area contributed by atoms with E-state index in [0.29, 0.717) is 10.2 Å². The topological polar surface area (TPSA) is 75.6 Å². The van der Waals surface area contributed by atoms with Crippen LogP contribution in [0.1, 0.15) is 47.8 Å². The van der Waals surface area contributed by atoms with Crippen molar-refractivity contribution >= 4 is 18.1 Å². The summed E-state index contributed by atoms with van der Waals surface area (Å²) in [5, 5.41) is 11.4. The smallest absolute Gasteiger partial charge is 0.254 e. The van der Waals surface area contributed by atoms with Crippen LogP contribution in [0.5, 0.6) is 0 Å². The van der Waals surface area contributed by atoms with Crippen LogP contribution in [0.4, 0.5) is 0 Å². The molecule has 0 bridgehead atoms. The highest BCUT2D eigenvalue weighted by atomic mass is 32.1. The Morgan fingerprint density at radius 3 is 3.14 bits per heavy atom. The van der Waals surface area contributed by atoms with Gasteiger partial charge in [0.2, 0.25) is 0 Å². The number of nitrogens with one attached hydrogen (secondary N) is 2. The van der Waals surface area contributed by atoms with Crippen molar-refractivity contribution in [3.63, 3.8) is 0 Å². The maximum atomic E-state index is 12.3. The van der Waals surface area contributed by atoms with Crippen molar-refractivity contribution in [1.82, 2.24) is 25.1 Å². The lowest BCUT2D eigenvalue weighted by atomic mass is 10.1. The Morgan fingerprint density at radius 1 is 1.48 bits per heavy atom. The molecule has 0 saturated carbocycles. The summed E-state index contributed by atoms with van der Waals surface area (Å²) in [5.74, 6) is 1.62. The summed E-state index contributed by atoms with van der Waals surface area (Å²) in [6, 6.07) is 3.26. The SMILES string of the molecule is CC(NC(=O)c1ccc[nH]c1=S)c1nnc2n1CCCC2. The van der Waals surface area contributed by atoms with Crippen molar-refractivity contribution in [2.45, 2.75) is 38.8 Å². The molecule has 110 valence electrons. The van der Waals surface area contributed by atoms with Gasteiger partial charge >= 0.3 is 0 Å². The van der Waals surface area contributed by atoms with E-state index in [2.05, 4.69) is 25.1 Å². The Bertz CT molecular complexity index is 720. The van der Waals surface area contributed by atoms with Gasteiger partial charge in [-0.2, -0.15) is 0 Å². The summed E-state index contributed by atoms with van der Waals surface area (Å²) in [7, 11) is 0. The number of H-pyrrole nitrogens is 1. The average Bonchev–Trinajstić information content (AvgIpc) is 2.91. The molecule has 0 spiro atoms. The molecule has 3 rings (SSSR count). The predicted octanol–water partition coefficient (Wildman–Crippen LogP) is 2.16. The van der Waals surface area contributed by atoms with Crippen LogP contribution in [-0.4, -0.2) is 25.7 Å². The van der Waals surface area contributed by atoms with Gasteiger partial charge in [0.1, 0.15) is 10.5 Å². The molecule has 1 aliphatic rings. The second-order valence-corrected chi connectivity index (χ2v) is 5.60. The number of aromatic amines is 1. The molecule has 0 aromatic carbocycles. The molecular formula is C14H17N5OS. The van der Waals surface area contributed by atoms with Gasteiger partial charge in [0, 0.05) is 19.2 Å². The van der Waals surface area contributed by atoms with E-state index in [-0.39, 0.29) is 11.9 Å². The van der Waals surface area contributed by atoms with E-state index in [0.717, 1.165) is 37.5 Å². The third-order valence-electron chi connectivity index (χ3n) is 3.69. The van der Waals surface area contributed by atoms with Crippen LogP contribution in [0.25, 0.3) is 0 Å². The van der Waals surface area contributed by atoms with Gasteiger partial charge in [-0.15, -0.1) is 10.2 Å². The molecule has 0 fully saturated rings. The van der Waals surface area contributed by atoms with Crippen LogP contribution < -0.4 is 5.32 Å². The number of aryl methyl sites for hydroxylation is 1. The molecule has 2 N–H and O–H groups in total. The van der Waals surface area contributed by atoms with E-state index < -0.39 is 0 Å². The van der Waals surface area contributed by atoms with Crippen LogP contribution in [0.3, 0.4) is 0 Å². The molecule has 3 heterocycles. The van der Waals surface area contributed by atoms with Crippen molar-refractivity contribution in [3.8, 4) is 0 Å². The maximum absolute atomic E-state index is 12.3. The number of fused-ring (bicyclic) bond motifs is 1. The van der Waals surface area contributed by atoms with E-state index in [1.165, 1.54) is 0 Å². The molecule has 7 heteroatoms. The fraction of sp³-hybridized carbons (Fsp3) is 0.429. The monoisotopic (exact) mass is 303 g/mol. The number of aromatic nitrogens is 4. The quantitative estimate of drug-likeness (QED) is 0.852. The summed E-state index contributed by atoms with van der Waals surface area (Å²) >= 11 is 5.13. The van der Waals surface area contributed by atoms with Crippen molar-refractivity contribution < 1.29 is 4.79 Å². The normalized spacial score (nSPS) is 15.3. The van der Waals surface area contributed by atoms with Gasteiger partial charge in [-0.05, 0) is 31.9 Å². The largest absolute Gasteiger partial charge is 0.352 e. The Balaban J connectivity index is 1.79. The van der Waals surface area contributed by atoms with Gasteiger partial charge in [-0.1, -0.05) is 12.2 Å². The zero-order valence-electron chi connectivity index (χ0n) is 11.8. The third kappa shape index (κ3) is 2.73. The number of amides is 1. The second-order valence-electron chi connectivity index (χ2n) is 5.19. The minimum Gasteiger partial charge on any atom is -0.352 e. The van der Waals surface area contributed by atoms with Gasteiger partial charge < -0.3 is 14.9 Å². The number of nitrogens with zero attached hydrogens (tertiary/aromatic N) is 3. The zero-order valence-corrected chi connectivity index (χ0v) is 12.6. The summed E-state index contributed by atoms with van der Waals surface area (Å²) in [6.07, 6.45) is 4.94.